The van der Waals surface area contributed by atoms with E-state index in [1.807, 2.05) is 0 Å². The van der Waals surface area contributed by atoms with E-state index in [4.69, 9.17) is 0 Å². The number of nitrogens with zero attached hydrogens (tertiary/aromatic N) is 1. The van der Waals surface area contributed by atoms with Crippen molar-refractivity contribution in [2.75, 3.05) is 10.9 Å². The molecule has 0 spiro atoms. The molecule has 20 heavy (non-hydrogen) atoms. The number of nitro groups is 1. The Morgan fingerprint density at radius 3 is 2.35 bits per heavy atom. The Labute approximate surface area is 114 Å². The highest BCUT2D eigenvalue weighted by Crippen LogP contribution is 2.29. The van der Waals surface area contributed by atoms with Crippen LogP contribution in [-0.2, 0) is 0 Å². The Hall–Kier alpha value is -2.96. The summed E-state index contributed by atoms with van der Waals surface area (Å²) in [6.07, 6.45) is 0. The minimum absolute atomic E-state index is 0.0131. The van der Waals surface area contributed by atoms with Gasteiger partial charge in [-0.25, -0.2) is 0 Å². The minimum Gasteiger partial charge on any atom is -0.871 e. The van der Waals surface area contributed by atoms with Crippen LogP contribution in [0.3, 0.4) is 0 Å². The van der Waals surface area contributed by atoms with Crippen LogP contribution in [0, 0.1) is 17.0 Å². The van der Waals surface area contributed by atoms with Gasteiger partial charge in [0, 0.05) is 17.8 Å². The molecule has 0 radical (unpaired) electrons. The van der Waals surface area contributed by atoms with Crippen molar-refractivity contribution in [3.63, 3.8) is 0 Å². The number of non-ortho nitro benzene ring substituents is 1. The molecule has 0 atom stereocenters. The third-order valence-electron chi connectivity index (χ3n) is 2.69. The molecule has 0 aliphatic rings. The predicted octanol–water partition coefficient (Wildman–Crippen LogP) is 2.12. The molecule has 0 amide bonds. The van der Waals surface area contributed by atoms with Crippen molar-refractivity contribution >= 4 is 17.1 Å². The molecule has 2 rings (SSSR count). The molecular formula is C13H12N3O4-. The zero-order valence-electron chi connectivity index (χ0n) is 10.6. The number of phenols is 1. The van der Waals surface area contributed by atoms with Crippen molar-refractivity contribution in [1.82, 2.24) is 0 Å². The molecule has 3 N–H and O–H groups in total. The lowest BCUT2D eigenvalue weighted by molar-refractivity contribution is -0.384. The van der Waals surface area contributed by atoms with E-state index < -0.39 is 4.92 Å². The number of nitro benzene ring substituents is 1. The standard InChI is InChI=1S/C13H13N3O4/c1-8-6-11(17)7-12(18)13(8)15-14-9-2-4-10(5-3-9)16(19)20/h2-7,14-15,17-18H,1H3/p-1. The van der Waals surface area contributed by atoms with E-state index in [9.17, 15) is 20.3 Å². The van der Waals surface area contributed by atoms with Gasteiger partial charge in [-0.05, 0) is 36.8 Å². The number of aryl methyl sites for hydroxylation is 1. The van der Waals surface area contributed by atoms with E-state index in [1.54, 1.807) is 6.92 Å². The Morgan fingerprint density at radius 2 is 1.80 bits per heavy atom. The van der Waals surface area contributed by atoms with Crippen LogP contribution in [-0.4, -0.2) is 10.0 Å². The van der Waals surface area contributed by atoms with Gasteiger partial charge in [-0.2, -0.15) is 0 Å². The Bertz CT molecular complexity index is 618. The summed E-state index contributed by atoms with van der Waals surface area (Å²) in [5.41, 5.74) is 6.96. The van der Waals surface area contributed by atoms with Crippen molar-refractivity contribution in [3.8, 4) is 11.5 Å². The second kappa shape index (κ2) is 5.35. The SMILES string of the molecule is Cc1cc(O)cc([O-])c1NNc1ccc([N+](=O)[O-])cc1. The molecule has 0 bridgehead atoms. The number of nitrogens with one attached hydrogen (secondary N) is 2. The summed E-state index contributed by atoms with van der Waals surface area (Å²) in [6, 6.07) is 8.31. The van der Waals surface area contributed by atoms with Crippen LogP contribution >= 0.6 is 0 Å². The highest BCUT2D eigenvalue weighted by Gasteiger charge is 2.04. The van der Waals surface area contributed by atoms with Gasteiger partial charge in [-0.15, -0.1) is 0 Å². The number of anilines is 2. The van der Waals surface area contributed by atoms with Crippen LogP contribution in [0.5, 0.6) is 11.5 Å². The zero-order chi connectivity index (χ0) is 14.7. The molecule has 104 valence electrons. The first-order chi connectivity index (χ1) is 9.47. The molecule has 0 heterocycles. The molecule has 0 saturated carbocycles. The highest BCUT2D eigenvalue weighted by atomic mass is 16.6. The van der Waals surface area contributed by atoms with Gasteiger partial charge in [-0.1, -0.05) is 5.75 Å². The van der Waals surface area contributed by atoms with E-state index in [1.165, 1.54) is 30.3 Å². The van der Waals surface area contributed by atoms with Crippen LogP contribution < -0.4 is 16.0 Å². The molecule has 0 aliphatic carbocycles. The van der Waals surface area contributed by atoms with Crippen LogP contribution in [0.4, 0.5) is 17.1 Å². The fourth-order valence-corrected chi connectivity index (χ4v) is 1.70. The Balaban J connectivity index is 2.11. The maximum absolute atomic E-state index is 11.7. The molecule has 0 unspecified atom stereocenters. The Kier molecular flexibility index (Phi) is 3.60. The van der Waals surface area contributed by atoms with Crippen LogP contribution in [0.15, 0.2) is 36.4 Å². The number of hydrazine groups is 1. The summed E-state index contributed by atoms with van der Waals surface area (Å²) < 4.78 is 0. The summed E-state index contributed by atoms with van der Waals surface area (Å²) in [5.74, 6) is -0.440. The molecule has 7 heteroatoms. The summed E-state index contributed by atoms with van der Waals surface area (Å²) in [4.78, 5) is 10.0. The number of rotatable bonds is 4. The Morgan fingerprint density at radius 1 is 1.15 bits per heavy atom. The fraction of sp³-hybridized carbons (Fsp3) is 0.0769. The number of aromatic hydroxyl groups is 1. The molecule has 7 nitrogen and oxygen atoms in total. The topological polar surface area (TPSA) is 110 Å². The first-order valence-corrected chi connectivity index (χ1v) is 5.74. The average molecular weight is 274 g/mol. The van der Waals surface area contributed by atoms with Gasteiger partial charge in [-0.3, -0.25) is 10.1 Å². The lowest BCUT2D eigenvalue weighted by Gasteiger charge is -2.19. The first-order valence-electron chi connectivity index (χ1n) is 5.74. The maximum Gasteiger partial charge on any atom is 0.269 e. The second-order valence-corrected chi connectivity index (χ2v) is 4.19. The fourth-order valence-electron chi connectivity index (χ4n) is 1.70. The highest BCUT2D eigenvalue weighted by molar-refractivity contribution is 5.65. The third kappa shape index (κ3) is 2.89. The molecule has 0 saturated heterocycles. The zero-order valence-corrected chi connectivity index (χ0v) is 10.6. The van der Waals surface area contributed by atoms with Crippen LogP contribution in [0.2, 0.25) is 0 Å². The molecular weight excluding hydrogens is 262 g/mol. The van der Waals surface area contributed by atoms with E-state index in [-0.39, 0.29) is 17.2 Å². The second-order valence-electron chi connectivity index (χ2n) is 4.19. The predicted molar refractivity (Wildman–Crippen MR) is 72.6 cm³/mol. The van der Waals surface area contributed by atoms with E-state index in [0.29, 0.717) is 16.9 Å². The third-order valence-corrected chi connectivity index (χ3v) is 2.69. The van der Waals surface area contributed by atoms with Crippen LogP contribution in [0.25, 0.3) is 0 Å². The van der Waals surface area contributed by atoms with Gasteiger partial charge in [0.25, 0.3) is 5.69 Å². The molecule has 2 aromatic rings. The minimum atomic E-state index is -0.489. The van der Waals surface area contributed by atoms with Crippen molar-refractivity contribution in [1.29, 1.82) is 0 Å². The van der Waals surface area contributed by atoms with Crippen molar-refractivity contribution in [2.45, 2.75) is 6.92 Å². The number of benzene rings is 2. The number of hydrogen-bond donors (Lipinski definition) is 3. The maximum atomic E-state index is 11.7. The monoisotopic (exact) mass is 274 g/mol. The van der Waals surface area contributed by atoms with Gasteiger partial charge >= 0.3 is 0 Å². The smallest absolute Gasteiger partial charge is 0.269 e. The first kappa shape index (κ1) is 13.5. The molecule has 2 aromatic carbocycles. The van der Waals surface area contributed by atoms with Crippen molar-refractivity contribution in [3.05, 3.63) is 52.1 Å². The van der Waals surface area contributed by atoms with E-state index in [2.05, 4.69) is 10.9 Å². The largest absolute Gasteiger partial charge is 0.871 e. The van der Waals surface area contributed by atoms with E-state index in [0.717, 1.165) is 6.07 Å². The van der Waals surface area contributed by atoms with Crippen molar-refractivity contribution in [2.24, 2.45) is 0 Å². The van der Waals surface area contributed by atoms with E-state index >= 15 is 0 Å². The summed E-state index contributed by atoms with van der Waals surface area (Å²) in [7, 11) is 0. The number of phenolic OH excluding ortho intramolecular Hbond substituents is 1. The van der Waals surface area contributed by atoms with Gasteiger partial charge in [0.15, 0.2) is 0 Å². The van der Waals surface area contributed by atoms with Crippen LogP contribution in [0.1, 0.15) is 5.56 Å². The normalized spacial score (nSPS) is 10.1. The lowest BCUT2D eigenvalue weighted by Crippen LogP contribution is -2.12. The average Bonchev–Trinajstić information content (AvgIpc) is 2.38. The van der Waals surface area contributed by atoms with Crippen molar-refractivity contribution < 1.29 is 15.1 Å². The number of hydrogen-bond acceptors (Lipinski definition) is 6. The van der Waals surface area contributed by atoms with Gasteiger partial charge in [0.2, 0.25) is 0 Å². The molecule has 0 aliphatic heterocycles. The summed E-state index contributed by atoms with van der Waals surface area (Å²) >= 11 is 0. The van der Waals surface area contributed by atoms with Gasteiger partial charge < -0.3 is 21.1 Å². The lowest BCUT2D eigenvalue weighted by atomic mass is 10.2. The van der Waals surface area contributed by atoms with Gasteiger partial charge in [0.05, 0.1) is 10.6 Å². The summed E-state index contributed by atoms with van der Waals surface area (Å²) in [5, 5.41) is 31.5. The van der Waals surface area contributed by atoms with Gasteiger partial charge in [0.1, 0.15) is 5.75 Å². The summed E-state index contributed by atoms with van der Waals surface area (Å²) in [6.45, 7) is 1.68. The quantitative estimate of drug-likeness (QED) is 0.447. The molecule has 0 aromatic heterocycles. The molecule has 0 fully saturated rings.